The summed E-state index contributed by atoms with van der Waals surface area (Å²) in [4.78, 5) is -0.402. The van der Waals surface area contributed by atoms with E-state index in [1.54, 1.807) is 0 Å². The molecule has 1 aliphatic rings. The van der Waals surface area contributed by atoms with Crippen LogP contribution in [-0.4, -0.2) is 52.1 Å². The first-order valence-electron chi connectivity index (χ1n) is 6.14. The van der Waals surface area contributed by atoms with Gasteiger partial charge in [-0.1, -0.05) is 0 Å². The fourth-order valence-corrected chi connectivity index (χ4v) is 3.22. The van der Waals surface area contributed by atoms with Crippen molar-refractivity contribution in [3.8, 4) is 0 Å². The van der Waals surface area contributed by atoms with Gasteiger partial charge in [0, 0.05) is 32.7 Å². The van der Waals surface area contributed by atoms with Crippen molar-refractivity contribution < 1.29 is 21.9 Å². The van der Waals surface area contributed by atoms with E-state index in [1.165, 1.54) is 7.05 Å². The zero-order valence-electron chi connectivity index (χ0n) is 11.0. The van der Waals surface area contributed by atoms with E-state index in [-0.39, 0.29) is 12.6 Å². The summed E-state index contributed by atoms with van der Waals surface area (Å²) in [5, 5.41) is 3.08. The van der Waals surface area contributed by atoms with E-state index < -0.39 is 26.6 Å². The van der Waals surface area contributed by atoms with Crippen LogP contribution in [0.4, 0.5) is 8.78 Å². The van der Waals surface area contributed by atoms with Gasteiger partial charge in [0.05, 0.1) is 17.6 Å². The number of morpholine rings is 1. The molecule has 2 rings (SSSR count). The van der Waals surface area contributed by atoms with Crippen molar-refractivity contribution in [3.05, 3.63) is 29.8 Å². The molecule has 112 valence electrons. The van der Waals surface area contributed by atoms with Crippen molar-refractivity contribution in [3.63, 3.8) is 0 Å². The van der Waals surface area contributed by atoms with E-state index in [2.05, 4.69) is 5.32 Å². The van der Waals surface area contributed by atoms with Crippen LogP contribution in [0.15, 0.2) is 23.1 Å². The maximum Gasteiger partial charge on any atom is 0.243 e. The highest BCUT2D eigenvalue weighted by Gasteiger charge is 2.26. The van der Waals surface area contributed by atoms with Crippen LogP contribution in [0.25, 0.3) is 0 Å². The summed E-state index contributed by atoms with van der Waals surface area (Å²) < 4.78 is 57.2. The normalized spacial score (nSPS) is 20.3. The molecule has 0 radical (unpaired) electrons. The van der Waals surface area contributed by atoms with Crippen molar-refractivity contribution in [1.82, 2.24) is 9.62 Å². The average Bonchev–Trinajstić information content (AvgIpc) is 2.38. The molecule has 1 aromatic carbocycles. The molecule has 1 N–H and O–H groups in total. The number of halogens is 2. The topological polar surface area (TPSA) is 58.6 Å². The average molecular weight is 306 g/mol. The first kappa shape index (κ1) is 15.3. The lowest BCUT2D eigenvalue weighted by Crippen LogP contribution is -2.45. The third-order valence-corrected chi connectivity index (χ3v) is 4.81. The Morgan fingerprint density at radius 3 is 2.55 bits per heavy atom. The quantitative estimate of drug-likeness (QED) is 0.884. The van der Waals surface area contributed by atoms with Crippen LogP contribution < -0.4 is 5.32 Å². The van der Waals surface area contributed by atoms with E-state index in [1.807, 2.05) is 0 Å². The summed E-state index contributed by atoms with van der Waals surface area (Å²) in [6.45, 7) is 1.89. The molecule has 20 heavy (non-hydrogen) atoms. The predicted octanol–water partition coefficient (Wildman–Crippen LogP) is 0.574. The number of hydrogen-bond donors (Lipinski definition) is 1. The molecule has 0 aromatic heterocycles. The van der Waals surface area contributed by atoms with Crippen LogP contribution in [0.3, 0.4) is 0 Å². The first-order valence-corrected chi connectivity index (χ1v) is 7.58. The SMILES string of the molecule is CN(CC1CNCCO1)S(=O)(=O)c1cc(F)cc(F)c1. The number of ether oxygens (including phenoxy) is 1. The minimum Gasteiger partial charge on any atom is -0.374 e. The molecular weight excluding hydrogens is 290 g/mol. The Labute approximate surface area is 116 Å². The van der Waals surface area contributed by atoms with Gasteiger partial charge in [0.2, 0.25) is 10.0 Å². The van der Waals surface area contributed by atoms with Crippen molar-refractivity contribution in [2.45, 2.75) is 11.0 Å². The minimum absolute atomic E-state index is 0.119. The lowest BCUT2D eigenvalue weighted by molar-refractivity contribution is 0.0206. The van der Waals surface area contributed by atoms with Gasteiger partial charge in [0.25, 0.3) is 0 Å². The molecule has 0 aliphatic carbocycles. The van der Waals surface area contributed by atoms with Gasteiger partial charge in [-0.2, -0.15) is 4.31 Å². The molecular formula is C12H16F2N2O3S. The first-order chi connectivity index (χ1) is 9.39. The molecule has 0 spiro atoms. The van der Waals surface area contributed by atoms with Crippen molar-refractivity contribution in [2.75, 3.05) is 33.3 Å². The lowest BCUT2D eigenvalue weighted by atomic mass is 10.3. The predicted molar refractivity (Wildman–Crippen MR) is 68.8 cm³/mol. The third kappa shape index (κ3) is 3.51. The highest BCUT2D eigenvalue weighted by atomic mass is 32.2. The fraction of sp³-hybridized carbons (Fsp3) is 0.500. The van der Waals surface area contributed by atoms with Crippen LogP contribution in [0, 0.1) is 11.6 Å². The highest BCUT2D eigenvalue weighted by Crippen LogP contribution is 2.18. The molecule has 1 fully saturated rings. The number of benzene rings is 1. The van der Waals surface area contributed by atoms with Crippen molar-refractivity contribution >= 4 is 10.0 Å². The van der Waals surface area contributed by atoms with Gasteiger partial charge in [-0.25, -0.2) is 17.2 Å². The second-order valence-electron chi connectivity index (χ2n) is 4.59. The molecule has 1 aromatic rings. The van der Waals surface area contributed by atoms with Gasteiger partial charge in [-0.05, 0) is 12.1 Å². The second kappa shape index (κ2) is 6.13. The van der Waals surface area contributed by atoms with Gasteiger partial charge in [0.1, 0.15) is 11.6 Å². The smallest absolute Gasteiger partial charge is 0.243 e. The Hall–Kier alpha value is -1.09. The molecule has 0 bridgehead atoms. The van der Waals surface area contributed by atoms with Crippen LogP contribution in [0.1, 0.15) is 0 Å². The number of nitrogens with zero attached hydrogens (tertiary/aromatic N) is 1. The molecule has 1 atom stereocenters. The number of nitrogens with one attached hydrogen (secondary N) is 1. The van der Waals surface area contributed by atoms with Gasteiger partial charge in [-0.15, -0.1) is 0 Å². The van der Waals surface area contributed by atoms with Gasteiger partial charge in [0.15, 0.2) is 0 Å². The largest absolute Gasteiger partial charge is 0.374 e. The Morgan fingerprint density at radius 1 is 1.35 bits per heavy atom. The Bertz CT molecular complexity index is 554. The maximum absolute atomic E-state index is 13.1. The molecule has 1 heterocycles. The highest BCUT2D eigenvalue weighted by molar-refractivity contribution is 7.89. The summed E-state index contributed by atoms with van der Waals surface area (Å²) in [5.41, 5.74) is 0. The monoisotopic (exact) mass is 306 g/mol. The van der Waals surface area contributed by atoms with Gasteiger partial charge >= 0.3 is 0 Å². The number of hydrogen-bond acceptors (Lipinski definition) is 4. The fourth-order valence-electron chi connectivity index (χ4n) is 1.98. The molecule has 8 heteroatoms. The number of sulfonamides is 1. The third-order valence-electron chi connectivity index (χ3n) is 3.01. The molecule has 1 unspecified atom stereocenters. The van der Waals surface area contributed by atoms with Crippen molar-refractivity contribution in [1.29, 1.82) is 0 Å². The Morgan fingerprint density at radius 2 is 2.00 bits per heavy atom. The van der Waals surface area contributed by atoms with Crippen LogP contribution in [-0.2, 0) is 14.8 Å². The number of rotatable bonds is 4. The summed E-state index contributed by atoms with van der Waals surface area (Å²) >= 11 is 0. The summed E-state index contributed by atoms with van der Waals surface area (Å²) in [5.74, 6) is -1.85. The summed E-state index contributed by atoms with van der Waals surface area (Å²) in [6, 6.07) is 2.23. The zero-order chi connectivity index (χ0) is 14.8. The molecule has 0 amide bonds. The molecule has 5 nitrogen and oxygen atoms in total. The lowest BCUT2D eigenvalue weighted by Gasteiger charge is -2.27. The molecule has 0 saturated carbocycles. The summed E-state index contributed by atoms with van der Waals surface area (Å²) in [7, 11) is -2.58. The standard InChI is InChI=1S/C12H16F2N2O3S/c1-16(8-11-7-15-2-3-19-11)20(17,18)12-5-9(13)4-10(14)6-12/h4-6,11,15H,2-3,7-8H2,1H3. The molecule has 1 aliphatic heterocycles. The van der Waals surface area contributed by atoms with E-state index >= 15 is 0 Å². The van der Waals surface area contributed by atoms with Gasteiger partial charge < -0.3 is 10.1 Å². The zero-order valence-corrected chi connectivity index (χ0v) is 11.8. The van der Waals surface area contributed by atoms with E-state index in [9.17, 15) is 17.2 Å². The Kier molecular flexibility index (Phi) is 4.69. The number of likely N-dealkylation sites (N-methyl/N-ethyl adjacent to an activating group) is 1. The van der Waals surface area contributed by atoms with E-state index in [4.69, 9.17) is 4.74 Å². The molecule has 1 saturated heterocycles. The van der Waals surface area contributed by atoms with E-state index in [0.717, 1.165) is 23.0 Å². The summed E-state index contributed by atoms with van der Waals surface area (Å²) in [6.07, 6.45) is -0.276. The van der Waals surface area contributed by atoms with Crippen LogP contribution in [0.5, 0.6) is 0 Å². The van der Waals surface area contributed by atoms with Crippen molar-refractivity contribution in [2.24, 2.45) is 0 Å². The van der Waals surface area contributed by atoms with E-state index in [0.29, 0.717) is 19.2 Å². The van der Waals surface area contributed by atoms with Gasteiger partial charge in [-0.3, -0.25) is 0 Å². The maximum atomic E-state index is 13.1. The minimum atomic E-state index is -3.94. The van der Waals surface area contributed by atoms with Crippen LogP contribution >= 0.6 is 0 Å². The second-order valence-corrected chi connectivity index (χ2v) is 6.63. The Balaban J connectivity index is 2.15. The van der Waals surface area contributed by atoms with Crippen LogP contribution in [0.2, 0.25) is 0 Å².